The summed E-state index contributed by atoms with van der Waals surface area (Å²) in [5.74, 6) is -0.412. The Morgan fingerprint density at radius 3 is 2.38 bits per heavy atom. The van der Waals surface area contributed by atoms with Gasteiger partial charge in [-0.1, -0.05) is 15.9 Å². The monoisotopic (exact) mass is 420 g/mol. The number of carboxylic acid groups (broad SMARTS) is 1. The molecule has 0 aliphatic carbocycles. The van der Waals surface area contributed by atoms with Gasteiger partial charge in [-0.25, -0.2) is 10.2 Å². The van der Waals surface area contributed by atoms with Crippen molar-refractivity contribution in [1.29, 1.82) is 0 Å². The number of rotatable bonds is 8. The van der Waals surface area contributed by atoms with Gasteiger partial charge in [-0.15, -0.1) is 0 Å². The number of nitrogens with one attached hydrogen (secondary N) is 1. The second-order valence-electron chi connectivity index (χ2n) is 5.20. The van der Waals surface area contributed by atoms with E-state index in [1.165, 1.54) is 6.21 Å². The molecule has 2 rings (SSSR count). The number of hydrogen-bond acceptors (Lipinski definition) is 5. The normalized spacial score (nSPS) is 11.8. The molecule has 0 saturated carbocycles. The predicted molar refractivity (Wildman–Crippen MR) is 99.5 cm³/mol. The second kappa shape index (κ2) is 9.57. The van der Waals surface area contributed by atoms with Crippen molar-refractivity contribution in [3.63, 3.8) is 0 Å². The number of benzene rings is 2. The highest BCUT2D eigenvalue weighted by atomic mass is 79.9. The Morgan fingerprint density at radius 2 is 1.77 bits per heavy atom. The van der Waals surface area contributed by atoms with Gasteiger partial charge in [0.05, 0.1) is 6.21 Å². The zero-order valence-electron chi connectivity index (χ0n) is 13.9. The molecule has 7 nitrogen and oxygen atoms in total. The fourth-order valence-electron chi connectivity index (χ4n) is 1.83. The van der Waals surface area contributed by atoms with Crippen molar-refractivity contribution >= 4 is 34.0 Å². The van der Waals surface area contributed by atoms with Crippen LogP contribution in [0.2, 0.25) is 0 Å². The molecule has 0 fully saturated rings. The number of hydrogen-bond donors (Lipinski definition) is 2. The summed E-state index contributed by atoms with van der Waals surface area (Å²) in [6.07, 6.45) is 0.755. The van der Waals surface area contributed by atoms with Crippen LogP contribution < -0.4 is 14.9 Å². The van der Waals surface area contributed by atoms with Crippen LogP contribution in [0.15, 0.2) is 58.1 Å². The summed E-state index contributed by atoms with van der Waals surface area (Å²) in [4.78, 5) is 22.4. The SMILES string of the molecule is C[C@@H](Oc1ccc(Br)cc1)C(=O)N/N=C\c1ccc(OCC(=O)O)cc1. The summed E-state index contributed by atoms with van der Waals surface area (Å²) >= 11 is 3.33. The second-order valence-corrected chi connectivity index (χ2v) is 6.12. The summed E-state index contributed by atoms with van der Waals surface area (Å²) in [6, 6.07) is 13.8. The molecule has 0 unspecified atom stereocenters. The third kappa shape index (κ3) is 6.56. The van der Waals surface area contributed by atoms with Gasteiger partial charge in [-0.05, 0) is 61.0 Å². The van der Waals surface area contributed by atoms with E-state index in [1.54, 1.807) is 43.3 Å². The van der Waals surface area contributed by atoms with Gasteiger partial charge in [0.1, 0.15) is 11.5 Å². The van der Waals surface area contributed by atoms with Gasteiger partial charge in [-0.3, -0.25) is 4.79 Å². The molecule has 0 bridgehead atoms. The smallest absolute Gasteiger partial charge is 0.341 e. The van der Waals surface area contributed by atoms with Crippen LogP contribution in [-0.2, 0) is 9.59 Å². The van der Waals surface area contributed by atoms with Crippen LogP contribution in [0.3, 0.4) is 0 Å². The van der Waals surface area contributed by atoms with E-state index in [9.17, 15) is 9.59 Å². The zero-order chi connectivity index (χ0) is 18.9. The van der Waals surface area contributed by atoms with Crippen molar-refractivity contribution in [2.75, 3.05) is 6.61 Å². The number of nitrogens with zero attached hydrogens (tertiary/aromatic N) is 1. The third-order valence-corrected chi connectivity index (χ3v) is 3.66. The molecule has 0 radical (unpaired) electrons. The lowest BCUT2D eigenvalue weighted by Crippen LogP contribution is -2.33. The van der Waals surface area contributed by atoms with Gasteiger partial charge in [-0.2, -0.15) is 5.10 Å². The van der Waals surface area contributed by atoms with Gasteiger partial charge in [0.2, 0.25) is 0 Å². The summed E-state index contributed by atoms with van der Waals surface area (Å²) < 4.78 is 11.5. The Morgan fingerprint density at radius 1 is 1.15 bits per heavy atom. The molecule has 1 amide bonds. The first kappa shape index (κ1) is 19.5. The van der Waals surface area contributed by atoms with Crippen LogP contribution >= 0.6 is 15.9 Å². The van der Waals surface area contributed by atoms with E-state index in [4.69, 9.17) is 14.6 Å². The molecular formula is C18H17BrN2O5. The molecule has 0 aliphatic rings. The van der Waals surface area contributed by atoms with Crippen molar-refractivity contribution < 1.29 is 24.2 Å². The summed E-state index contributed by atoms with van der Waals surface area (Å²) in [6.45, 7) is 1.22. The maximum absolute atomic E-state index is 12.0. The highest BCUT2D eigenvalue weighted by Crippen LogP contribution is 2.17. The van der Waals surface area contributed by atoms with Crippen molar-refractivity contribution in [3.8, 4) is 11.5 Å². The molecule has 0 aromatic heterocycles. The average Bonchev–Trinajstić information content (AvgIpc) is 2.62. The van der Waals surface area contributed by atoms with Crippen LogP contribution in [0, 0.1) is 0 Å². The van der Waals surface area contributed by atoms with E-state index < -0.39 is 18.7 Å². The minimum atomic E-state index is -1.04. The predicted octanol–water partition coefficient (Wildman–Crippen LogP) is 2.83. The Bertz CT molecular complexity index is 775. The summed E-state index contributed by atoms with van der Waals surface area (Å²) in [5, 5.41) is 12.4. The molecule has 2 aromatic carbocycles. The first-order chi connectivity index (χ1) is 12.4. The number of carboxylic acids is 1. The largest absolute Gasteiger partial charge is 0.482 e. The number of amides is 1. The molecule has 8 heteroatoms. The Kier molecular flexibility index (Phi) is 7.16. The molecule has 1 atom stereocenters. The van der Waals surface area contributed by atoms with Gasteiger partial charge < -0.3 is 14.6 Å². The van der Waals surface area contributed by atoms with Crippen LogP contribution in [0.25, 0.3) is 0 Å². The number of hydrazone groups is 1. The molecule has 2 aromatic rings. The van der Waals surface area contributed by atoms with Crippen LogP contribution in [0.4, 0.5) is 0 Å². The molecular weight excluding hydrogens is 404 g/mol. The standard InChI is InChI=1S/C18H17BrN2O5/c1-12(26-16-8-4-14(19)5-9-16)18(24)21-20-10-13-2-6-15(7-3-13)25-11-17(22)23/h2-10,12H,11H2,1H3,(H,21,24)(H,22,23)/b20-10-/t12-/m1/s1. The van der Waals surface area contributed by atoms with Gasteiger partial charge >= 0.3 is 5.97 Å². The van der Waals surface area contributed by atoms with Crippen molar-refractivity contribution in [1.82, 2.24) is 5.43 Å². The van der Waals surface area contributed by atoms with Crippen LogP contribution in [0.5, 0.6) is 11.5 Å². The van der Waals surface area contributed by atoms with E-state index in [0.717, 1.165) is 10.0 Å². The van der Waals surface area contributed by atoms with E-state index in [1.807, 2.05) is 12.1 Å². The molecule has 0 spiro atoms. The first-order valence-corrected chi connectivity index (χ1v) is 8.43. The number of ether oxygens (including phenoxy) is 2. The number of carbonyl (C=O) groups excluding carboxylic acids is 1. The first-order valence-electron chi connectivity index (χ1n) is 7.64. The lowest BCUT2D eigenvalue weighted by Gasteiger charge is -2.12. The molecule has 0 aliphatic heterocycles. The minimum Gasteiger partial charge on any atom is -0.482 e. The molecule has 0 saturated heterocycles. The molecule has 2 N–H and O–H groups in total. The van der Waals surface area contributed by atoms with Crippen LogP contribution in [0.1, 0.15) is 12.5 Å². The van der Waals surface area contributed by atoms with Crippen molar-refractivity contribution in [2.45, 2.75) is 13.0 Å². The minimum absolute atomic E-state index is 0.384. The van der Waals surface area contributed by atoms with Gasteiger partial charge in [0.15, 0.2) is 12.7 Å². The quantitative estimate of drug-likeness (QED) is 0.505. The fourth-order valence-corrected chi connectivity index (χ4v) is 2.09. The zero-order valence-corrected chi connectivity index (χ0v) is 15.5. The van der Waals surface area contributed by atoms with E-state index >= 15 is 0 Å². The average molecular weight is 421 g/mol. The van der Waals surface area contributed by atoms with Gasteiger partial charge in [0, 0.05) is 4.47 Å². The van der Waals surface area contributed by atoms with Gasteiger partial charge in [0.25, 0.3) is 5.91 Å². The van der Waals surface area contributed by atoms with Crippen molar-refractivity contribution in [2.24, 2.45) is 5.10 Å². The van der Waals surface area contributed by atoms with E-state index in [0.29, 0.717) is 11.5 Å². The number of halogens is 1. The van der Waals surface area contributed by atoms with E-state index in [2.05, 4.69) is 26.5 Å². The lowest BCUT2D eigenvalue weighted by molar-refractivity contribution is -0.139. The molecule has 26 heavy (non-hydrogen) atoms. The summed E-state index contributed by atoms with van der Waals surface area (Å²) in [5.41, 5.74) is 3.12. The molecule has 136 valence electrons. The van der Waals surface area contributed by atoms with Crippen LogP contribution in [-0.4, -0.2) is 35.9 Å². The fraction of sp³-hybridized carbons (Fsp3) is 0.167. The maximum atomic E-state index is 12.0. The topological polar surface area (TPSA) is 97.2 Å². The van der Waals surface area contributed by atoms with E-state index in [-0.39, 0.29) is 5.91 Å². The lowest BCUT2D eigenvalue weighted by atomic mass is 10.2. The Balaban J connectivity index is 1.81. The summed E-state index contributed by atoms with van der Waals surface area (Å²) in [7, 11) is 0. The highest BCUT2D eigenvalue weighted by Gasteiger charge is 2.13. The number of aliphatic carboxylic acids is 1. The number of carbonyl (C=O) groups is 2. The Labute approximate surface area is 158 Å². The molecule has 0 heterocycles. The maximum Gasteiger partial charge on any atom is 0.341 e. The third-order valence-electron chi connectivity index (χ3n) is 3.13. The Hall–Kier alpha value is -2.87. The van der Waals surface area contributed by atoms with Crippen molar-refractivity contribution in [3.05, 3.63) is 58.6 Å². The highest BCUT2D eigenvalue weighted by molar-refractivity contribution is 9.10.